The number of aryl methyl sites for hydroxylation is 2. The Balaban J connectivity index is 1.91. The van der Waals surface area contributed by atoms with Crippen molar-refractivity contribution in [3.63, 3.8) is 0 Å². The molecule has 0 radical (unpaired) electrons. The van der Waals surface area contributed by atoms with Gasteiger partial charge in [-0.1, -0.05) is 11.8 Å². The van der Waals surface area contributed by atoms with Gasteiger partial charge >= 0.3 is 0 Å². The van der Waals surface area contributed by atoms with E-state index in [2.05, 4.69) is 20.5 Å². The molecule has 1 aliphatic rings. The molecule has 100 valence electrons. The van der Waals surface area contributed by atoms with Gasteiger partial charge in [-0.05, 0) is 25.8 Å². The average Bonchev–Trinajstić information content (AvgIpc) is 3.17. The van der Waals surface area contributed by atoms with Crippen molar-refractivity contribution in [3.05, 3.63) is 23.7 Å². The predicted molar refractivity (Wildman–Crippen MR) is 73.9 cm³/mol. The molecule has 0 aliphatic heterocycles. The largest absolute Gasteiger partial charge is 0.308 e. The molecule has 0 aromatic carbocycles. The normalized spacial score (nSPS) is 14.7. The molecule has 1 saturated carbocycles. The first kappa shape index (κ1) is 12.4. The summed E-state index contributed by atoms with van der Waals surface area (Å²) in [6, 6.07) is 3.90. The summed E-state index contributed by atoms with van der Waals surface area (Å²) < 4.78 is 1.86. The molecule has 1 aliphatic carbocycles. The first-order valence-electron chi connectivity index (χ1n) is 6.20. The number of rotatable bonds is 4. The Labute approximate surface area is 115 Å². The third-order valence-electron chi connectivity index (χ3n) is 2.98. The lowest BCUT2D eigenvalue weighted by molar-refractivity contribution is 0.691. The number of hydrogen-bond donors (Lipinski definition) is 2. The Bertz CT molecular complexity index is 604. The Hall–Kier alpha value is -1.60. The fourth-order valence-corrected chi connectivity index (χ4v) is 2.81. The molecule has 0 bridgehead atoms. The highest BCUT2D eigenvalue weighted by molar-refractivity contribution is 7.99. The van der Waals surface area contributed by atoms with Crippen LogP contribution in [0, 0.1) is 6.92 Å². The van der Waals surface area contributed by atoms with Crippen LogP contribution >= 0.6 is 11.8 Å². The molecule has 1 fully saturated rings. The maximum absolute atomic E-state index is 5.47. The number of anilines is 1. The van der Waals surface area contributed by atoms with Crippen molar-refractivity contribution >= 4 is 17.6 Å². The molecular weight excluding hydrogens is 260 g/mol. The molecule has 0 atom stereocenters. The van der Waals surface area contributed by atoms with Crippen molar-refractivity contribution in [3.8, 4) is 0 Å². The number of nitrogens with one attached hydrogen (secondary N) is 1. The van der Waals surface area contributed by atoms with Gasteiger partial charge < -0.3 is 5.43 Å². The maximum atomic E-state index is 5.47. The van der Waals surface area contributed by atoms with Crippen LogP contribution in [0.1, 0.15) is 30.3 Å². The summed E-state index contributed by atoms with van der Waals surface area (Å²) >= 11 is 1.58. The molecule has 3 rings (SSSR count). The van der Waals surface area contributed by atoms with Crippen molar-refractivity contribution in [2.45, 2.75) is 35.7 Å². The highest BCUT2D eigenvalue weighted by Crippen LogP contribution is 2.39. The minimum absolute atomic E-state index is 0.501. The number of hydrazine groups is 1. The van der Waals surface area contributed by atoms with E-state index in [-0.39, 0.29) is 0 Å². The van der Waals surface area contributed by atoms with Crippen LogP contribution in [0.5, 0.6) is 0 Å². The minimum atomic E-state index is 0.501. The van der Waals surface area contributed by atoms with E-state index in [1.807, 2.05) is 30.8 Å². The lowest BCUT2D eigenvalue weighted by Gasteiger charge is -2.06. The summed E-state index contributed by atoms with van der Waals surface area (Å²) in [6.45, 7) is 1.98. The SMILES string of the molecule is Cc1cc(Sc2cc(NN)nc(C3CC3)n2)n(C)n1. The van der Waals surface area contributed by atoms with Gasteiger partial charge in [0.05, 0.1) is 5.69 Å². The third-order valence-corrected chi connectivity index (χ3v) is 3.99. The molecule has 6 nitrogen and oxygen atoms in total. The Kier molecular flexibility index (Phi) is 3.16. The van der Waals surface area contributed by atoms with E-state index < -0.39 is 0 Å². The van der Waals surface area contributed by atoms with Gasteiger partial charge in [0.25, 0.3) is 0 Å². The Morgan fingerprint density at radius 2 is 2.16 bits per heavy atom. The van der Waals surface area contributed by atoms with Crippen LogP contribution in [0.3, 0.4) is 0 Å². The fraction of sp³-hybridized carbons (Fsp3) is 0.417. The number of nitrogens with two attached hydrogens (primary N) is 1. The summed E-state index contributed by atoms with van der Waals surface area (Å²) in [5, 5.41) is 6.28. The minimum Gasteiger partial charge on any atom is -0.308 e. The molecule has 7 heteroatoms. The molecule has 0 saturated heterocycles. The average molecular weight is 276 g/mol. The zero-order chi connectivity index (χ0) is 13.4. The lowest BCUT2D eigenvalue weighted by atomic mass is 10.4. The number of aromatic nitrogens is 4. The molecule has 2 aromatic rings. The van der Waals surface area contributed by atoms with Crippen LogP contribution in [-0.2, 0) is 7.05 Å². The smallest absolute Gasteiger partial charge is 0.144 e. The van der Waals surface area contributed by atoms with Gasteiger partial charge in [-0.3, -0.25) is 4.68 Å². The summed E-state index contributed by atoms with van der Waals surface area (Å²) in [5.74, 6) is 7.52. The summed E-state index contributed by atoms with van der Waals surface area (Å²) in [7, 11) is 1.93. The lowest BCUT2D eigenvalue weighted by Crippen LogP contribution is -2.10. The zero-order valence-electron chi connectivity index (χ0n) is 10.9. The van der Waals surface area contributed by atoms with Gasteiger partial charge in [0.1, 0.15) is 21.7 Å². The van der Waals surface area contributed by atoms with Gasteiger partial charge in [0.2, 0.25) is 0 Å². The van der Waals surface area contributed by atoms with E-state index in [4.69, 9.17) is 5.84 Å². The van der Waals surface area contributed by atoms with Crippen molar-refractivity contribution in [2.75, 3.05) is 5.43 Å². The summed E-state index contributed by atoms with van der Waals surface area (Å²) in [5.41, 5.74) is 3.61. The van der Waals surface area contributed by atoms with E-state index in [1.165, 1.54) is 12.8 Å². The Morgan fingerprint density at radius 1 is 1.37 bits per heavy atom. The van der Waals surface area contributed by atoms with Crippen molar-refractivity contribution in [1.29, 1.82) is 0 Å². The predicted octanol–water partition coefficient (Wildman–Crippen LogP) is 1.83. The van der Waals surface area contributed by atoms with Crippen LogP contribution in [0.15, 0.2) is 22.2 Å². The number of nitrogen functional groups attached to an aromatic ring is 1. The second-order valence-electron chi connectivity index (χ2n) is 4.72. The topological polar surface area (TPSA) is 81.6 Å². The van der Waals surface area contributed by atoms with E-state index in [1.54, 1.807) is 11.8 Å². The van der Waals surface area contributed by atoms with Gasteiger partial charge in [0, 0.05) is 19.0 Å². The third kappa shape index (κ3) is 2.71. The van der Waals surface area contributed by atoms with Gasteiger partial charge in [-0.15, -0.1) is 0 Å². The Morgan fingerprint density at radius 3 is 2.74 bits per heavy atom. The summed E-state index contributed by atoms with van der Waals surface area (Å²) in [4.78, 5) is 9.00. The number of nitrogens with zero attached hydrogens (tertiary/aromatic N) is 4. The van der Waals surface area contributed by atoms with E-state index in [9.17, 15) is 0 Å². The van der Waals surface area contributed by atoms with E-state index in [0.717, 1.165) is 21.6 Å². The fourth-order valence-electron chi connectivity index (χ4n) is 1.88. The molecule has 0 spiro atoms. The first-order valence-corrected chi connectivity index (χ1v) is 7.01. The second-order valence-corrected chi connectivity index (χ2v) is 5.76. The zero-order valence-corrected chi connectivity index (χ0v) is 11.7. The molecule has 2 aromatic heterocycles. The van der Waals surface area contributed by atoms with Crippen LogP contribution in [0.4, 0.5) is 5.82 Å². The molecule has 2 heterocycles. The highest BCUT2D eigenvalue weighted by Gasteiger charge is 2.27. The van der Waals surface area contributed by atoms with Crippen LogP contribution in [0.25, 0.3) is 0 Å². The van der Waals surface area contributed by atoms with Crippen LogP contribution in [0.2, 0.25) is 0 Å². The highest BCUT2D eigenvalue weighted by atomic mass is 32.2. The van der Waals surface area contributed by atoms with Crippen molar-refractivity contribution in [2.24, 2.45) is 12.9 Å². The van der Waals surface area contributed by atoms with E-state index in [0.29, 0.717) is 11.7 Å². The number of hydrogen-bond acceptors (Lipinski definition) is 6. The standard InChI is InChI=1S/C12H16N6S/c1-7-5-11(18(2)17-7)19-10-6-9(16-13)14-12(15-10)8-3-4-8/h5-6,8H,3-4,13H2,1-2H3,(H,14,15,16). The van der Waals surface area contributed by atoms with Gasteiger partial charge in [-0.2, -0.15) is 5.10 Å². The molecule has 0 unspecified atom stereocenters. The van der Waals surface area contributed by atoms with Gasteiger partial charge in [-0.25, -0.2) is 15.8 Å². The monoisotopic (exact) mass is 276 g/mol. The first-order chi connectivity index (χ1) is 9.15. The van der Waals surface area contributed by atoms with Crippen molar-refractivity contribution in [1.82, 2.24) is 19.7 Å². The van der Waals surface area contributed by atoms with E-state index >= 15 is 0 Å². The van der Waals surface area contributed by atoms with Crippen molar-refractivity contribution < 1.29 is 0 Å². The molecule has 19 heavy (non-hydrogen) atoms. The quantitative estimate of drug-likeness (QED) is 0.504. The molecule has 0 amide bonds. The van der Waals surface area contributed by atoms with Crippen LogP contribution in [-0.4, -0.2) is 19.7 Å². The molecular formula is C12H16N6S. The maximum Gasteiger partial charge on any atom is 0.144 e. The second kappa shape index (κ2) is 4.82. The summed E-state index contributed by atoms with van der Waals surface area (Å²) in [6.07, 6.45) is 2.34. The van der Waals surface area contributed by atoms with Gasteiger partial charge in [0.15, 0.2) is 0 Å². The van der Waals surface area contributed by atoms with Crippen LogP contribution < -0.4 is 11.3 Å². The molecule has 3 N–H and O–H groups in total.